The number of nitrogens with zero attached hydrogens (tertiary/aromatic N) is 2. The normalized spacial score (nSPS) is 16.1. The summed E-state index contributed by atoms with van der Waals surface area (Å²) in [6, 6.07) is 7.47. The molecule has 2 rings (SSSR count). The minimum absolute atomic E-state index is 0.440. The molecule has 0 aliphatic carbocycles. The van der Waals surface area contributed by atoms with Gasteiger partial charge < -0.3 is 5.11 Å². The molecule has 0 aromatic heterocycles. The van der Waals surface area contributed by atoms with Gasteiger partial charge in [0.15, 0.2) is 0 Å². The van der Waals surface area contributed by atoms with Crippen LogP contribution in [0, 0.1) is 0 Å². The van der Waals surface area contributed by atoms with Crippen molar-refractivity contribution in [2.75, 3.05) is 11.6 Å². The van der Waals surface area contributed by atoms with Crippen LogP contribution in [0.15, 0.2) is 29.4 Å². The number of rotatable bonds is 1. The molecular weight excluding hydrogens is 188 g/mol. The molecule has 1 aliphatic heterocycles. The molecule has 1 aromatic rings. The average Bonchev–Trinajstić information content (AvgIpc) is 2.53. The van der Waals surface area contributed by atoms with Crippen molar-refractivity contribution in [2.24, 2.45) is 5.10 Å². The zero-order chi connectivity index (χ0) is 9.26. The topological polar surface area (TPSA) is 38.5 Å². The molecule has 3 nitrogen and oxygen atoms in total. The van der Waals surface area contributed by atoms with Crippen LogP contribution in [-0.4, -0.2) is 17.5 Å². The van der Waals surface area contributed by atoms with Gasteiger partial charge in [0.25, 0.3) is 0 Å². The van der Waals surface area contributed by atoms with E-state index in [1.165, 1.54) is 0 Å². The molecular formula is C9H10ClN2O+. The van der Waals surface area contributed by atoms with Gasteiger partial charge in [0.2, 0.25) is 0 Å². The summed E-state index contributed by atoms with van der Waals surface area (Å²) in [7, 11) is 0. The lowest BCUT2D eigenvalue weighted by Crippen LogP contribution is -2.11. The highest BCUT2D eigenvalue weighted by molar-refractivity contribution is 6.30. The van der Waals surface area contributed by atoms with Gasteiger partial charge in [-0.25, -0.2) is 0 Å². The van der Waals surface area contributed by atoms with E-state index in [-0.39, 0.29) is 0 Å². The van der Waals surface area contributed by atoms with Crippen LogP contribution in [0.3, 0.4) is 0 Å². The SMILES string of the molecule is [OH2+]C1=NN(c2ccc(Cl)cc2)CC1. The molecule has 0 amide bonds. The number of halogens is 1. The average molecular weight is 198 g/mol. The third-order valence-electron chi connectivity index (χ3n) is 1.93. The first-order valence-electron chi connectivity index (χ1n) is 4.08. The number of hydrazone groups is 1. The van der Waals surface area contributed by atoms with Crippen molar-refractivity contribution in [1.82, 2.24) is 0 Å². The molecule has 4 heteroatoms. The van der Waals surface area contributed by atoms with Gasteiger partial charge in [-0.15, -0.1) is 0 Å². The van der Waals surface area contributed by atoms with Gasteiger partial charge in [0.1, 0.15) is 0 Å². The lowest BCUT2D eigenvalue weighted by Gasteiger charge is -2.11. The van der Waals surface area contributed by atoms with Crippen LogP contribution in [0.5, 0.6) is 0 Å². The number of hydrogen-bond donors (Lipinski definition) is 0. The van der Waals surface area contributed by atoms with E-state index in [0.29, 0.717) is 5.90 Å². The minimum atomic E-state index is 0.440. The second-order valence-corrected chi connectivity index (χ2v) is 3.33. The standard InChI is InChI=1S/C9H9ClN2O/c10-7-1-3-8(4-2-7)12-6-5-9(13)11-12/h1-4H,5-6H2,(H,11,13)/p+1. The van der Waals surface area contributed by atoms with Gasteiger partial charge in [-0.2, -0.15) is 0 Å². The molecule has 0 saturated heterocycles. The molecule has 68 valence electrons. The Hall–Kier alpha value is -1.22. The third-order valence-corrected chi connectivity index (χ3v) is 2.18. The molecule has 0 radical (unpaired) electrons. The predicted molar refractivity (Wildman–Crippen MR) is 54.5 cm³/mol. The molecule has 13 heavy (non-hydrogen) atoms. The fraction of sp³-hybridized carbons (Fsp3) is 0.222. The Bertz CT molecular complexity index is 334. The van der Waals surface area contributed by atoms with E-state index in [2.05, 4.69) is 5.10 Å². The molecule has 1 heterocycles. The lowest BCUT2D eigenvalue weighted by molar-refractivity contribution is 0.541. The lowest BCUT2D eigenvalue weighted by atomic mass is 10.3. The van der Waals surface area contributed by atoms with E-state index in [0.717, 1.165) is 23.7 Å². The van der Waals surface area contributed by atoms with Crippen molar-refractivity contribution in [3.63, 3.8) is 0 Å². The maximum absolute atomic E-state index is 7.34. The first kappa shape index (κ1) is 8.38. The number of anilines is 1. The van der Waals surface area contributed by atoms with Crippen LogP contribution in [-0.2, 0) is 0 Å². The van der Waals surface area contributed by atoms with Crippen LogP contribution in [0.4, 0.5) is 5.69 Å². The molecule has 0 unspecified atom stereocenters. The van der Waals surface area contributed by atoms with Gasteiger partial charge in [-0.05, 0) is 24.3 Å². The van der Waals surface area contributed by atoms with Crippen molar-refractivity contribution < 1.29 is 5.11 Å². The third kappa shape index (κ3) is 1.75. The van der Waals surface area contributed by atoms with Crippen molar-refractivity contribution in [3.05, 3.63) is 29.3 Å². The Morgan fingerprint density at radius 2 is 2.00 bits per heavy atom. The summed E-state index contributed by atoms with van der Waals surface area (Å²) in [5.74, 6) is 0.440. The minimum Gasteiger partial charge on any atom is -0.581 e. The number of benzene rings is 1. The van der Waals surface area contributed by atoms with E-state index < -0.39 is 0 Å². The molecule has 0 spiro atoms. The van der Waals surface area contributed by atoms with Gasteiger partial charge >= 0.3 is 5.90 Å². The van der Waals surface area contributed by atoms with Crippen molar-refractivity contribution in [3.8, 4) is 0 Å². The summed E-state index contributed by atoms with van der Waals surface area (Å²) >= 11 is 5.76. The van der Waals surface area contributed by atoms with Gasteiger partial charge in [-0.1, -0.05) is 16.7 Å². The van der Waals surface area contributed by atoms with Crippen molar-refractivity contribution >= 4 is 23.2 Å². The Labute approximate surface area is 81.2 Å². The second kappa shape index (κ2) is 3.26. The van der Waals surface area contributed by atoms with Crippen LogP contribution in [0.1, 0.15) is 6.42 Å². The van der Waals surface area contributed by atoms with E-state index in [1.54, 1.807) is 0 Å². The van der Waals surface area contributed by atoms with E-state index >= 15 is 0 Å². The highest BCUT2D eigenvalue weighted by atomic mass is 35.5. The Morgan fingerprint density at radius 3 is 2.54 bits per heavy atom. The van der Waals surface area contributed by atoms with E-state index in [1.807, 2.05) is 29.3 Å². The quantitative estimate of drug-likeness (QED) is 0.630. The Morgan fingerprint density at radius 1 is 1.31 bits per heavy atom. The molecule has 0 bridgehead atoms. The highest BCUT2D eigenvalue weighted by Gasteiger charge is 2.17. The predicted octanol–water partition coefficient (Wildman–Crippen LogP) is 1.59. The summed E-state index contributed by atoms with van der Waals surface area (Å²) in [5.41, 5.74) is 0.992. The smallest absolute Gasteiger partial charge is 0.349 e. The fourth-order valence-electron chi connectivity index (χ4n) is 1.26. The maximum atomic E-state index is 7.34. The molecule has 2 N–H and O–H groups in total. The first-order chi connectivity index (χ1) is 6.25. The Kier molecular flexibility index (Phi) is 2.10. The second-order valence-electron chi connectivity index (χ2n) is 2.90. The van der Waals surface area contributed by atoms with Crippen LogP contribution in [0.25, 0.3) is 0 Å². The summed E-state index contributed by atoms with van der Waals surface area (Å²) in [6.07, 6.45) is 0.725. The highest BCUT2D eigenvalue weighted by Crippen LogP contribution is 2.20. The van der Waals surface area contributed by atoms with Gasteiger partial charge in [-0.3, -0.25) is 5.01 Å². The van der Waals surface area contributed by atoms with Crippen molar-refractivity contribution in [2.45, 2.75) is 6.42 Å². The molecule has 0 atom stereocenters. The van der Waals surface area contributed by atoms with E-state index in [4.69, 9.17) is 16.7 Å². The molecule has 0 fully saturated rings. The van der Waals surface area contributed by atoms with Crippen LogP contribution in [0.2, 0.25) is 5.02 Å². The first-order valence-corrected chi connectivity index (χ1v) is 4.46. The monoisotopic (exact) mass is 197 g/mol. The largest absolute Gasteiger partial charge is 0.581 e. The maximum Gasteiger partial charge on any atom is 0.349 e. The fourth-order valence-corrected chi connectivity index (χ4v) is 1.38. The summed E-state index contributed by atoms with van der Waals surface area (Å²) < 4.78 is 0. The van der Waals surface area contributed by atoms with Gasteiger partial charge in [0, 0.05) is 5.02 Å². The molecule has 1 aliphatic rings. The zero-order valence-corrected chi connectivity index (χ0v) is 7.75. The van der Waals surface area contributed by atoms with Crippen LogP contribution < -0.4 is 5.01 Å². The molecule has 1 aromatic carbocycles. The van der Waals surface area contributed by atoms with Gasteiger partial charge in [0.05, 0.1) is 18.7 Å². The van der Waals surface area contributed by atoms with Crippen LogP contribution >= 0.6 is 11.6 Å². The summed E-state index contributed by atoms with van der Waals surface area (Å²) in [6.45, 7) is 0.792. The zero-order valence-electron chi connectivity index (χ0n) is 7.00. The van der Waals surface area contributed by atoms with Crippen molar-refractivity contribution in [1.29, 1.82) is 0 Å². The van der Waals surface area contributed by atoms with E-state index in [9.17, 15) is 0 Å². The molecule has 0 saturated carbocycles. The Balaban J connectivity index is 2.22. The summed E-state index contributed by atoms with van der Waals surface area (Å²) in [4.78, 5) is 0. The number of hydrogen-bond acceptors (Lipinski definition) is 2. The summed E-state index contributed by atoms with van der Waals surface area (Å²) in [5, 5.41) is 13.9.